The van der Waals surface area contributed by atoms with Gasteiger partial charge < -0.3 is 12.9 Å². The molecule has 0 amide bonds. The summed E-state index contributed by atoms with van der Waals surface area (Å²) in [4.78, 5) is 10.7. The number of alkyl halides is 3. The summed E-state index contributed by atoms with van der Waals surface area (Å²) in [5, 5.41) is 0. The van der Waals surface area contributed by atoms with Crippen molar-refractivity contribution in [1.82, 2.24) is 0 Å². The molecule has 0 unspecified atom stereocenters. The molecule has 0 N–H and O–H groups in total. The molecule has 0 radical (unpaired) electrons. The molecule has 0 aromatic heterocycles. The molecule has 0 fully saturated rings. The van der Waals surface area contributed by atoms with Gasteiger partial charge >= 0.3 is 64.5 Å². The summed E-state index contributed by atoms with van der Waals surface area (Å²) in [6, 6.07) is 2.29. The van der Waals surface area contributed by atoms with Crippen LogP contribution in [0, 0.1) is 0 Å². The van der Waals surface area contributed by atoms with E-state index in [0.717, 1.165) is 6.07 Å². The van der Waals surface area contributed by atoms with E-state index in [0.29, 0.717) is 12.1 Å². The summed E-state index contributed by atoms with van der Waals surface area (Å²) >= 11 is 0. The van der Waals surface area contributed by atoms with Crippen LogP contribution in [0.15, 0.2) is 24.3 Å². The zero-order chi connectivity index (χ0) is 12.6. The molecule has 0 heterocycles. The first kappa shape index (κ1) is 17.2. The first-order valence-electron chi connectivity index (χ1n) is 4.04. The molecule has 0 aliphatic rings. The van der Waals surface area contributed by atoms with Crippen LogP contribution in [0.3, 0.4) is 0 Å². The van der Waals surface area contributed by atoms with Gasteiger partial charge in [-0.2, -0.15) is 13.2 Å². The van der Waals surface area contributed by atoms with E-state index in [2.05, 4.69) is 0 Å². The standard InChI is InChI=1S/C8H4BF6O.K/c10-8(11,12)7(16)5-2-1-3-6(4-5)9(13,14)15;/h1-4H;/q-1;+1. The Morgan fingerprint density at radius 1 is 1.12 bits per heavy atom. The van der Waals surface area contributed by atoms with Crippen molar-refractivity contribution in [1.29, 1.82) is 0 Å². The fourth-order valence-corrected chi connectivity index (χ4v) is 1.05. The van der Waals surface area contributed by atoms with Crippen molar-refractivity contribution in [3.63, 3.8) is 0 Å². The molecular formula is C8H4BF6KO. The summed E-state index contributed by atoms with van der Waals surface area (Å²) in [7, 11) is 0. The second-order valence-corrected chi connectivity index (χ2v) is 3.03. The molecule has 1 rings (SSSR count). The van der Waals surface area contributed by atoms with Crippen molar-refractivity contribution in [3.05, 3.63) is 29.8 Å². The Kier molecular flexibility index (Phi) is 5.93. The number of hydrogen-bond acceptors (Lipinski definition) is 1. The third-order valence-electron chi connectivity index (χ3n) is 1.78. The van der Waals surface area contributed by atoms with Crippen LogP contribution in [0.25, 0.3) is 0 Å². The molecule has 0 saturated carbocycles. The molecule has 9 heteroatoms. The van der Waals surface area contributed by atoms with E-state index in [1.165, 1.54) is 0 Å². The van der Waals surface area contributed by atoms with Gasteiger partial charge in [-0.15, -0.1) is 5.46 Å². The molecule has 1 aromatic carbocycles. The number of ketones is 1. The molecule has 1 nitrogen and oxygen atoms in total. The number of carbonyl (C=O) groups is 1. The van der Waals surface area contributed by atoms with Crippen molar-refractivity contribution < 1.29 is 82.3 Å². The Bertz CT molecular complexity index is 413. The van der Waals surface area contributed by atoms with Crippen LogP contribution in [0.1, 0.15) is 10.4 Å². The van der Waals surface area contributed by atoms with E-state index < -0.39 is 30.0 Å². The summed E-state index contributed by atoms with van der Waals surface area (Å²) < 4.78 is 72.4. The first-order chi connectivity index (χ1) is 7.12. The predicted octanol–water partition coefficient (Wildman–Crippen LogP) is -0.510. The van der Waals surface area contributed by atoms with Gasteiger partial charge in [0.25, 0.3) is 5.78 Å². The molecule has 88 valence electrons. The second-order valence-electron chi connectivity index (χ2n) is 3.03. The average Bonchev–Trinajstić information content (AvgIpc) is 2.14. The summed E-state index contributed by atoms with van der Waals surface area (Å²) in [6.07, 6.45) is -5.17. The summed E-state index contributed by atoms with van der Waals surface area (Å²) in [5.41, 5.74) is -2.24. The number of Topliss-reactive ketones (excluding diaryl/α,β-unsaturated/α-hetero) is 1. The first-order valence-corrected chi connectivity index (χ1v) is 4.04. The summed E-state index contributed by atoms with van der Waals surface area (Å²) in [5.74, 6) is -2.28. The van der Waals surface area contributed by atoms with Crippen LogP contribution in [0.2, 0.25) is 0 Å². The molecule has 0 saturated heterocycles. The van der Waals surface area contributed by atoms with Crippen LogP contribution < -0.4 is 56.8 Å². The van der Waals surface area contributed by atoms with Crippen LogP contribution >= 0.6 is 0 Å². The maximum atomic E-state index is 12.2. The van der Waals surface area contributed by atoms with Crippen molar-refractivity contribution in [2.24, 2.45) is 0 Å². The fraction of sp³-hybridized carbons (Fsp3) is 0.125. The molecule has 17 heavy (non-hydrogen) atoms. The minimum atomic E-state index is -5.41. The molecule has 0 spiro atoms. The third kappa shape index (κ3) is 4.74. The number of rotatable bonds is 2. The Hall–Kier alpha value is 0.171. The van der Waals surface area contributed by atoms with E-state index in [1.54, 1.807) is 0 Å². The molecule has 0 aliphatic heterocycles. The zero-order valence-corrected chi connectivity index (χ0v) is 11.7. The number of hydrogen-bond donors (Lipinski definition) is 0. The quantitative estimate of drug-likeness (QED) is 0.405. The zero-order valence-electron chi connectivity index (χ0n) is 8.56. The number of carbonyl (C=O) groups excluding carboxylic acids is 1. The van der Waals surface area contributed by atoms with Crippen LogP contribution in [-0.4, -0.2) is 18.9 Å². The maximum Gasteiger partial charge on any atom is 1.00 e. The molecular weight excluding hydrogens is 276 g/mol. The smallest absolute Gasteiger partial charge is 0.445 e. The maximum absolute atomic E-state index is 12.2. The number of halogens is 6. The molecule has 0 aliphatic carbocycles. The normalized spacial score (nSPS) is 11.9. The van der Waals surface area contributed by atoms with Gasteiger partial charge in [-0.05, 0) is 0 Å². The van der Waals surface area contributed by atoms with Gasteiger partial charge in [0.1, 0.15) is 0 Å². The van der Waals surface area contributed by atoms with Crippen LogP contribution in [-0.2, 0) is 0 Å². The average molecular weight is 280 g/mol. The Balaban J connectivity index is 0.00000256. The van der Waals surface area contributed by atoms with Gasteiger partial charge in [0.15, 0.2) is 0 Å². The van der Waals surface area contributed by atoms with E-state index in [-0.39, 0.29) is 57.5 Å². The van der Waals surface area contributed by atoms with Gasteiger partial charge in [-0.1, -0.05) is 24.3 Å². The Morgan fingerprint density at radius 2 is 1.65 bits per heavy atom. The van der Waals surface area contributed by atoms with Gasteiger partial charge in [0.2, 0.25) is 0 Å². The molecule has 1 aromatic rings. The Morgan fingerprint density at radius 3 is 2.06 bits per heavy atom. The van der Waals surface area contributed by atoms with E-state index in [9.17, 15) is 30.9 Å². The number of benzene rings is 1. The van der Waals surface area contributed by atoms with Gasteiger partial charge in [-0.25, -0.2) is 0 Å². The fourth-order valence-electron chi connectivity index (χ4n) is 1.05. The van der Waals surface area contributed by atoms with Gasteiger partial charge in [0, 0.05) is 5.56 Å². The predicted molar refractivity (Wildman–Crippen MR) is 45.5 cm³/mol. The molecule has 0 bridgehead atoms. The molecule has 0 atom stereocenters. The minimum absolute atomic E-state index is 0. The van der Waals surface area contributed by atoms with Crippen molar-refractivity contribution >= 4 is 18.2 Å². The third-order valence-corrected chi connectivity index (χ3v) is 1.78. The van der Waals surface area contributed by atoms with Crippen molar-refractivity contribution in [2.45, 2.75) is 6.18 Å². The van der Waals surface area contributed by atoms with Gasteiger partial charge in [0.05, 0.1) is 0 Å². The second kappa shape index (κ2) is 5.87. The van der Waals surface area contributed by atoms with E-state index in [1.807, 2.05) is 0 Å². The van der Waals surface area contributed by atoms with Crippen molar-refractivity contribution in [2.75, 3.05) is 0 Å². The topological polar surface area (TPSA) is 17.1 Å². The largest absolute Gasteiger partial charge is 1.00 e. The van der Waals surface area contributed by atoms with Crippen LogP contribution in [0.5, 0.6) is 0 Å². The van der Waals surface area contributed by atoms with E-state index in [4.69, 9.17) is 0 Å². The minimum Gasteiger partial charge on any atom is -0.445 e. The Labute approximate surface area is 135 Å². The summed E-state index contributed by atoms with van der Waals surface area (Å²) in [6.45, 7) is -5.41. The van der Waals surface area contributed by atoms with Crippen molar-refractivity contribution in [3.8, 4) is 0 Å². The monoisotopic (exact) mass is 280 g/mol. The van der Waals surface area contributed by atoms with Gasteiger partial charge in [-0.3, -0.25) is 4.79 Å². The SMILES string of the molecule is O=C(c1cccc([B-](F)(F)F)c1)C(F)(F)F.[K+]. The van der Waals surface area contributed by atoms with Crippen LogP contribution in [0.4, 0.5) is 26.1 Å². The van der Waals surface area contributed by atoms with E-state index >= 15 is 0 Å².